The molecule has 9 heteroatoms. The number of anilines is 1. The number of pyridine rings is 1. The summed E-state index contributed by atoms with van der Waals surface area (Å²) in [6.45, 7) is 2.80. The van der Waals surface area contributed by atoms with Gasteiger partial charge < -0.3 is 15.8 Å². The number of nitrogens with two attached hydrogens (primary N) is 1. The maximum Gasteiger partial charge on any atom is 0.230 e. The van der Waals surface area contributed by atoms with E-state index in [0.717, 1.165) is 5.56 Å². The van der Waals surface area contributed by atoms with E-state index < -0.39 is 0 Å². The van der Waals surface area contributed by atoms with Gasteiger partial charge in [-0.1, -0.05) is 29.2 Å². The highest BCUT2D eigenvalue weighted by atomic mass is 32.2. The molecule has 2 aromatic rings. The zero-order valence-electron chi connectivity index (χ0n) is 11.4. The minimum Gasteiger partial charge on any atom is -0.478 e. The van der Waals surface area contributed by atoms with E-state index in [1.54, 1.807) is 6.20 Å². The Labute approximate surface area is 130 Å². The molecule has 3 N–H and O–H groups in total. The molecule has 0 aliphatic rings. The lowest BCUT2D eigenvalue weighted by Crippen LogP contribution is -2.25. The summed E-state index contributed by atoms with van der Waals surface area (Å²) in [5.74, 6) is 0.712. The van der Waals surface area contributed by atoms with E-state index in [1.807, 2.05) is 19.1 Å². The lowest BCUT2D eigenvalue weighted by atomic mass is 10.2. The van der Waals surface area contributed by atoms with E-state index in [2.05, 4.69) is 20.5 Å². The third-order valence-electron chi connectivity index (χ3n) is 2.36. The van der Waals surface area contributed by atoms with Crippen molar-refractivity contribution >= 4 is 34.1 Å². The Bertz CT molecular complexity index is 605. The van der Waals surface area contributed by atoms with Gasteiger partial charge in [-0.3, -0.25) is 4.79 Å². The lowest BCUT2D eigenvalue weighted by molar-refractivity contribution is -0.118. The van der Waals surface area contributed by atoms with Crippen LogP contribution in [0.2, 0.25) is 0 Å². The van der Waals surface area contributed by atoms with Gasteiger partial charge in [0.2, 0.25) is 16.9 Å². The number of hydrogen-bond acceptors (Lipinski definition) is 8. The summed E-state index contributed by atoms with van der Waals surface area (Å²) < 4.78 is 6.08. The van der Waals surface area contributed by atoms with E-state index in [4.69, 9.17) is 10.5 Å². The van der Waals surface area contributed by atoms with Crippen LogP contribution in [0.3, 0.4) is 0 Å². The molecule has 0 aromatic carbocycles. The molecule has 0 unspecified atom stereocenters. The van der Waals surface area contributed by atoms with Crippen molar-refractivity contribution in [3.63, 3.8) is 0 Å². The van der Waals surface area contributed by atoms with Crippen molar-refractivity contribution in [1.82, 2.24) is 20.5 Å². The predicted molar refractivity (Wildman–Crippen MR) is 82.3 cm³/mol. The van der Waals surface area contributed by atoms with Crippen LogP contribution >= 0.6 is 23.1 Å². The van der Waals surface area contributed by atoms with E-state index in [1.165, 1.54) is 23.1 Å². The maximum absolute atomic E-state index is 11.8. The molecular weight excluding hydrogens is 310 g/mol. The number of hydrogen-bond donors (Lipinski definition) is 2. The molecule has 0 saturated heterocycles. The lowest BCUT2D eigenvalue weighted by Gasteiger charge is -2.09. The summed E-state index contributed by atoms with van der Waals surface area (Å²) >= 11 is 2.57. The summed E-state index contributed by atoms with van der Waals surface area (Å²) in [6, 6.07) is 3.68. The number of carbonyl (C=O) groups is 1. The second kappa shape index (κ2) is 7.79. The number of carbonyl (C=O) groups excluding carboxylic acids is 1. The molecule has 0 bridgehead atoms. The SMILES string of the molecule is CCOc1ncccc1CNC(=O)CSc1nnc(N)s1. The Kier molecular flexibility index (Phi) is 5.76. The Morgan fingerprint density at radius 3 is 3.10 bits per heavy atom. The van der Waals surface area contributed by atoms with Crippen molar-refractivity contribution in [2.45, 2.75) is 17.8 Å². The van der Waals surface area contributed by atoms with Crippen molar-refractivity contribution < 1.29 is 9.53 Å². The zero-order valence-corrected chi connectivity index (χ0v) is 13.0. The number of nitrogens with one attached hydrogen (secondary N) is 1. The van der Waals surface area contributed by atoms with Gasteiger partial charge in [0.05, 0.1) is 12.4 Å². The summed E-state index contributed by atoms with van der Waals surface area (Å²) in [5.41, 5.74) is 6.32. The van der Waals surface area contributed by atoms with Crippen molar-refractivity contribution in [2.24, 2.45) is 0 Å². The smallest absolute Gasteiger partial charge is 0.230 e. The average Bonchev–Trinajstić information content (AvgIpc) is 2.90. The zero-order chi connectivity index (χ0) is 15.1. The first-order valence-electron chi connectivity index (χ1n) is 6.24. The van der Waals surface area contributed by atoms with Gasteiger partial charge in [-0.25, -0.2) is 4.98 Å². The largest absolute Gasteiger partial charge is 0.478 e. The molecule has 2 rings (SSSR count). The molecule has 0 saturated carbocycles. The second-order valence-electron chi connectivity index (χ2n) is 3.87. The predicted octanol–water partition coefficient (Wildman–Crippen LogP) is 1.32. The van der Waals surface area contributed by atoms with Gasteiger partial charge in [-0.05, 0) is 13.0 Å². The molecule has 0 aliphatic carbocycles. The molecule has 2 aromatic heterocycles. The normalized spacial score (nSPS) is 10.3. The molecule has 2 heterocycles. The molecule has 0 spiro atoms. The quantitative estimate of drug-likeness (QED) is 0.740. The van der Waals surface area contributed by atoms with Crippen molar-refractivity contribution in [1.29, 1.82) is 0 Å². The molecule has 0 fully saturated rings. The third kappa shape index (κ3) is 4.87. The van der Waals surface area contributed by atoms with Crippen LogP contribution in [0, 0.1) is 0 Å². The highest BCUT2D eigenvalue weighted by Gasteiger charge is 2.09. The Balaban J connectivity index is 1.81. The van der Waals surface area contributed by atoms with E-state index >= 15 is 0 Å². The van der Waals surface area contributed by atoms with Gasteiger partial charge >= 0.3 is 0 Å². The number of thioether (sulfide) groups is 1. The van der Waals surface area contributed by atoms with Crippen LogP contribution in [0.5, 0.6) is 5.88 Å². The first kappa shape index (κ1) is 15.5. The summed E-state index contributed by atoms with van der Waals surface area (Å²) in [6.07, 6.45) is 1.66. The van der Waals surface area contributed by atoms with Gasteiger partial charge in [0.15, 0.2) is 4.34 Å². The Hall–Kier alpha value is -1.87. The summed E-state index contributed by atoms with van der Waals surface area (Å²) in [7, 11) is 0. The van der Waals surface area contributed by atoms with Crippen LogP contribution in [0.1, 0.15) is 12.5 Å². The second-order valence-corrected chi connectivity index (χ2v) is 6.10. The van der Waals surface area contributed by atoms with Crippen LogP contribution < -0.4 is 15.8 Å². The summed E-state index contributed by atoms with van der Waals surface area (Å²) in [4.78, 5) is 15.9. The molecule has 7 nitrogen and oxygen atoms in total. The molecule has 1 amide bonds. The molecule has 0 aliphatic heterocycles. The van der Waals surface area contributed by atoms with Gasteiger partial charge in [-0.15, -0.1) is 10.2 Å². The fourth-order valence-corrected chi connectivity index (χ4v) is 2.94. The van der Waals surface area contributed by atoms with Crippen LogP contribution in [0.25, 0.3) is 0 Å². The number of amides is 1. The molecule has 21 heavy (non-hydrogen) atoms. The average molecular weight is 325 g/mol. The van der Waals surface area contributed by atoms with Gasteiger partial charge in [-0.2, -0.15) is 0 Å². The fraction of sp³-hybridized carbons (Fsp3) is 0.333. The van der Waals surface area contributed by atoms with Crippen LogP contribution in [-0.2, 0) is 11.3 Å². The number of nitrogens with zero attached hydrogens (tertiary/aromatic N) is 3. The Morgan fingerprint density at radius 2 is 2.38 bits per heavy atom. The first-order chi connectivity index (χ1) is 10.2. The number of ether oxygens (including phenoxy) is 1. The summed E-state index contributed by atoms with van der Waals surface area (Å²) in [5, 5.41) is 10.7. The molecule has 0 radical (unpaired) electrons. The Morgan fingerprint density at radius 1 is 1.52 bits per heavy atom. The molecular formula is C12H15N5O2S2. The van der Waals surface area contributed by atoms with Gasteiger partial charge in [0.25, 0.3) is 0 Å². The number of aromatic nitrogens is 3. The minimum absolute atomic E-state index is 0.0972. The number of rotatable bonds is 7. The van der Waals surface area contributed by atoms with Crippen LogP contribution in [0.4, 0.5) is 5.13 Å². The molecule has 112 valence electrons. The highest BCUT2D eigenvalue weighted by molar-refractivity contribution is 8.01. The fourth-order valence-electron chi connectivity index (χ4n) is 1.48. The number of nitrogen functional groups attached to an aromatic ring is 1. The van der Waals surface area contributed by atoms with Crippen LogP contribution in [-0.4, -0.2) is 33.4 Å². The van der Waals surface area contributed by atoms with E-state index in [9.17, 15) is 4.79 Å². The maximum atomic E-state index is 11.8. The minimum atomic E-state index is -0.0972. The topological polar surface area (TPSA) is 103 Å². The van der Waals surface area contributed by atoms with Crippen molar-refractivity contribution in [2.75, 3.05) is 18.1 Å². The van der Waals surface area contributed by atoms with Gasteiger partial charge in [0, 0.05) is 18.3 Å². The molecule has 0 atom stereocenters. The van der Waals surface area contributed by atoms with Crippen molar-refractivity contribution in [3.05, 3.63) is 23.9 Å². The monoisotopic (exact) mass is 325 g/mol. The standard InChI is InChI=1S/C12H15N5O2S2/c1-2-19-10-8(4-3-5-14-10)6-15-9(18)7-20-12-17-16-11(13)21-12/h3-5H,2,6-7H2,1H3,(H2,13,16)(H,15,18). The van der Waals surface area contributed by atoms with Crippen molar-refractivity contribution in [3.8, 4) is 5.88 Å². The van der Waals surface area contributed by atoms with Crippen LogP contribution in [0.15, 0.2) is 22.7 Å². The van der Waals surface area contributed by atoms with E-state index in [0.29, 0.717) is 28.5 Å². The van der Waals surface area contributed by atoms with E-state index in [-0.39, 0.29) is 11.7 Å². The van der Waals surface area contributed by atoms with Gasteiger partial charge in [0.1, 0.15) is 0 Å². The highest BCUT2D eigenvalue weighted by Crippen LogP contribution is 2.23. The first-order valence-corrected chi connectivity index (χ1v) is 8.04. The third-order valence-corrected chi connectivity index (χ3v) is 4.24.